The average molecular weight is 492 g/mol. The number of aliphatic carboxylic acids is 1. The smallest absolute Gasteiger partial charge is 0.413 e. The van der Waals surface area contributed by atoms with Crippen molar-refractivity contribution in [2.75, 3.05) is 18.5 Å². The van der Waals surface area contributed by atoms with Gasteiger partial charge < -0.3 is 14.7 Å². The first-order valence-electron chi connectivity index (χ1n) is 11.6. The summed E-state index contributed by atoms with van der Waals surface area (Å²) >= 11 is 1.03. The zero-order valence-electron chi connectivity index (χ0n) is 19.2. The molecule has 1 aliphatic carbocycles. The second kappa shape index (κ2) is 9.50. The van der Waals surface area contributed by atoms with Gasteiger partial charge >= 0.3 is 12.1 Å². The zero-order valence-corrected chi connectivity index (χ0v) is 20.0. The zero-order chi connectivity index (χ0) is 24.5. The Bertz CT molecular complexity index is 1260. The number of rotatable bonds is 5. The molecule has 2 heterocycles. The maximum Gasteiger partial charge on any atom is 0.413 e. The lowest BCUT2D eigenvalue weighted by molar-refractivity contribution is -0.143. The van der Waals surface area contributed by atoms with E-state index in [4.69, 9.17) is 4.74 Å². The number of carbonyl (C=O) groups is 3. The van der Waals surface area contributed by atoms with E-state index in [0.717, 1.165) is 46.4 Å². The maximum atomic E-state index is 13.1. The molecule has 2 aromatic carbocycles. The number of nitrogens with zero attached hydrogens (tertiary/aromatic N) is 2. The molecule has 35 heavy (non-hydrogen) atoms. The molecular weight excluding hydrogens is 466 g/mol. The van der Waals surface area contributed by atoms with Crippen LogP contribution in [0, 0.1) is 6.92 Å². The maximum absolute atomic E-state index is 13.1. The Morgan fingerprint density at radius 3 is 2.40 bits per heavy atom. The highest BCUT2D eigenvalue weighted by Crippen LogP contribution is 2.44. The van der Waals surface area contributed by atoms with Crippen LogP contribution in [0.15, 0.2) is 48.5 Å². The van der Waals surface area contributed by atoms with Gasteiger partial charge in [0.05, 0.1) is 5.69 Å². The number of amides is 2. The number of carbonyl (C=O) groups excluding carboxylic acids is 2. The van der Waals surface area contributed by atoms with Crippen molar-refractivity contribution < 1.29 is 24.2 Å². The summed E-state index contributed by atoms with van der Waals surface area (Å²) in [5.41, 5.74) is 4.98. The van der Waals surface area contributed by atoms with Gasteiger partial charge in [-0.15, -0.1) is 0 Å². The van der Waals surface area contributed by atoms with Crippen LogP contribution in [0.1, 0.15) is 51.7 Å². The molecule has 9 heteroatoms. The summed E-state index contributed by atoms with van der Waals surface area (Å²) < 4.78 is 5.56. The Balaban J connectivity index is 1.26. The van der Waals surface area contributed by atoms with E-state index in [1.807, 2.05) is 36.4 Å². The summed E-state index contributed by atoms with van der Waals surface area (Å²) in [5.74, 6) is -1.43. The Labute approximate surface area is 206 Å². The predicted octanol–water partition coefficient (Wildman–Crippen LogP) is 4.89. The lowest BCUT2D eigenvalue weighted by Crippen LogP contribution is -2.47. The van der Waals surface area contributed by atoms with E-state index in [1.165, 1.54) is 4.90 Å². The number of anilines is 1. The number of hydrogen-bond donors (Lipinski definition) is 2. The molecule has 1 aliphatic heterocycles. The van der Waals surface area contributed by atoms with Crippen LogP contribution in [0.4, 0.5) is 9.93 Å². The molecule has 2 N–H and O–H groups in total. The molecule has 1 saturated heterocycles. The van der Waals surface area contributed by atoms with Gasteiger partial charge in [-0.2, -0.15) is 0 Å². The van der Waals surface area contributed by atoms with Gasteiger partial charge in [0, 0.05) is 12.5 Å². The van der Waals surface area contributed by atoms with Crippen LogP contribution >= 0.6 is 11.3 Å². The van der Waals surface area contributed by atoms with Crippen molar-refractivity contribution >= 4 is 34.4 Å². The molecule has 1 unspecified atom stereocenters. The van der Waals surface area contributed by atoms with Crippen LogP contribution in [-0.4, -0.2) is 52.2 Å². The van der Waals surface area contributed by atoms with Gasteiger partial charge in [-0.1, -0.05) is 59.9 Å². The summed E-state index contributed by atoms with van der Waals surface area (Å²) in [6.45, 7) is 2.23. The lowest BCUT2D eigenvalue weighted by Gasteiger charge is -2.32. The molecular formula is C26H25N3O5S. The van der Waals surface area contributed by atoms with Gasteiger partial charge in [-0.05, 0) is 48.4 Å². The fourth-order valence-corrected chi connectivity index (χ4v) is 5.84. The van der Waals surface area contributed by atoms with Gasteiger partial charge in [-0.25, -0.2) is 14.6 Å². The highest BCUT2D eigenvalue weighted by molar-refractivity contribution is 7.17. The highest BCUT2D eigenvalue weighted by Gasteiger charge is 2.34. The third-order valence-electron chi connectivity index (χ3n) is 6.59. The minimum absolute atomic E-state index is 0.0598. The number of hydrogen-bond acceptors (Lipinski definition) is 6. The van der Waals surface area contributed by atoms with Crippen LogP contribution in [-0.2, 0) is 9.53 Å². The van der Waals surface area contributed by atoms with Crippen molar-refractivity contribution in [3.05, 3.63) is 70.2 Å². The molecule has 0 spiro atoms. The average Bonchev–Trinajstić information content (AvgIpc) is 3.39. The molecule has 2 aliphatic rings. The third-order valence-corrected chi connectivity index (χ3v) is 7.65. The topological polar surface area (TPSA) is 109 Å². The molecule has 1 aromatic heterocycles. The van der Waals surface area contributed by atoms with E-state index in [0.29, 0.717) is 23.5 Å². The number of piperidine rings is 1. The first-order valence-corrected chi connectivity index (χ1v) is 12.4. The quantitative estimate of drug-likeness (QED) is 0.526. The summed E-state index contributed by atoms with van der Waals surface area (Å²) in [6.07, 6.45) is 1.32. The number of aromatic nitrogens is 1. The fourth-order valence-electron chi connectivity index (χ4n) is 4.93. The van der Waals surface area contributed by atoms with E-state index in [2.05, 4.69) is 22.4 Å². The van der Waals surface area contributed by atoms with Crippen molar-refractivity contribution in [2.24, 2.45) is 0 Å². The van der Waals surface area contributed by atoms with Gasteiger partial charge in [0.25, 0.3) is 5.91 Å². The summed E-state index contributed by atoms with van der Waals surface area (Å²) in [4.78, 5) is 43.3. The molecule has 0 saturated carbocycles. The first kappa shape index (κ1) is 23.0. The number of aryl methyl sites for hydroxylation is 1. The number of likely N-dealkylation sites (tertiary alicyclic amines) is 1. The highest BCUT2D eigenvalue weighted by atomic mass is 32.1. The van der Waals surface area contributed by atoms with Crippen molar-refractivity contribution in [1.29, 1.82) is 0 Å². The predicted molar refractivity (Wildman–Crippen MR) is 132 cm³/mol. The van der Waals surface area contributed by atoms with Crippen molar-refractivity contribution in [3.8, 4) is 11.1 Å². The van der Waals surface area contributed by atoms with Crippen LogP contribution < -0.4 is 5.32 Å². The minimum Gasteiger partial charge on any atom is -0.480 e. The van der Waals surface area contributed by atoms with E-state index in [-0.39, 0.29) is 23.6 Å². The Hall–Kier alpha value is -3.72. The molecule has 180 valence electrons. The molecule has 0 bridgehead atoms. The largest absolute Gasteiger partial charge is 0.480 e. The van der Waals surface area contributed by atoms with Gasteiger partial charge in [-0.3, -0.25) is 10.1 Å². The van der Waals surface area contributed by atoms with Gasteiger partial charge in [0.1, 0.15) is 17.5 Å². The van der Waals surface area contributed by atoms with Crippen LogP contribution in [0.25, 0.3) is 11.1 Å². The van der Waals surface area contributed by atoms with E-state index in [9.17, 15) is 19.5 Å². The lowest BCUT2D eigenvalue weighted by atomic mass is 9.98. The van der Waals surface area contributed by atoms with Crippen LogP contribution in [0.5, 0.6) is 0 Å². The molecule has 1 atom stereocenters. The fraction of sp³-hybridized carbons (Fsp3) is 0.308. The van der Waals surface area contributed by atoms with Crippen molar-refractivity contribution in [3.63, 3.8) is 0 Å². The van der Waals surface area contributed by atoms with Gasteiger partial charge in [0.2, 0.25) is 0 Å². The molecule has 2 amide bonds. The van der Waals surface area contributed by atoms with Crippen LogP contribution in [0.2, 0.25) is 0 Å². The minimum atomic E-state index is -1.00. The monoisotopic (exact) mass is 491 g/mol. The van der Waals surface area contributed by atoms with E-state index in [1.54, 1.807) is 6.92 Å². The number of benzene rings is 2. The third kappa shape index (κ3) is 4.39. The van der Waals surface area contributed by atoms with Crippen molar-refractivity contribution in [1.82, 2.24) is 9.88 Å². The SMILES string of the molecule is Cc1nc(NC(=O)OCC2c3ccccc3-c3ccccc32)sc1C(=O)N1CCCCC1C(=O)O. The second-order valence-corrected chi connectivity index (χ2v) is 9.73. The number of thiazole rings is 1. The number of ether oxygens (including phenoxy) is 1. The Morgan fingerprint density at radius 1 is 1.09 bits per heavy atom. The van der Waals surface area contributed by atoms with Gasteiger partial charge in [0.15, 0.2) is 5.13 Å². The van der Waals surface area contributed by atoms with E-state index < -0.39 is 18.1 Å². The summed E-state index contributed by atoms with van der Waals surface area (Å²) in [7, 11) is 0. The number of fused-ring (bicyclic) bond motifs is 3. The normalized spacial score (nSPS) is 16.9. The molecule has 0 radical (unpaired) electrons. The standard InChI is InChI=1S/C26H25N3O5S/c1-15-22(23(30)29-13-7-6-12-21(29)24(31)32)35-25(27-15)28-26(33)34-14-20-18-10-4-2-8-16(18)17-9-3-5-11-19(17)20/h2-5,8-11,20-21H,6-7,12-14H2,1H3,(H,31,32)(H,27,28,33). The summed E-state index contributed by atoms with van der Waals surface area (Å²) in [6, 6.07) is 15.4. The number of nitrogens with one attached hydrogen (secondary N) is 1. The number of carboxylic acid groups (broad SMARTS) is 1. The Kier molecular flexibility index (Phi) is 6.25. The van der Waals surface area contributed by atoms with Crippen molar-refractivity contribution in [2.45, 2.75) is 38.1 Å². The first-order chi connectivity index (χ1) is 16.9. The number of carboxylic acids is 1. The summed E-state index contributed by atoms with van der Waals surface area (Å²) in [5, 5.41) is 12.4. The molecule has 3 aromatic rings. The van der Waals surface area contributed by atoms with E-state index >= 15 is 0 Å². The molecule has 5 rings (SSSR count). The molecule has 8 nitrogen and oxygen atoms in total. The molecule has 1 fully saturated rings. The Morgan fingerprint density at radius 2 is 1.74 bits per heavy atom. The second-order valence-electron chi connectivity index (χ2n) is 8.73. The van der Waals surface area contributed by atoms with Crippen LogP contribution in [0.3, 0.4) is 0 Å².